The van der Waals surface area contributed by atoms with E-state index in [0.717, 1.165) is 23.0 Å². The molecule has 1 saturated heterocycles. The van der Waals surface area contributed by atoms with Crippen molar-refractivity contribution in [1.29, 1.82) is 0 Å². The average Bonchev–Trinajstić information content (AvgIpc) is 2.68. The predicted octanol–water partition coefficient (Wildman–Crippen LogP) is 2.22. The summed E-state index contributed by atoms with van der Waals surface area (Å²) in [6.45, 7) is 11.0. The monoisotopic (exact) mass is 301 g/mol. The van der Waals surface area contributed by atoms with Gasteiger partial charge in [-0.15, -0.1) is 0 Å². The molecule has 5 heteroatoms. The summed E-state index contributed by atoms with van der Waals surface area (Å²) in [5.74, 6) is 0.371. The van der Waals surface area contributed by atoms with Crippen LogP contribution in [0.2, 0.25) is 0 Å². The van der Waals surface area contributed by atoms with Crippen molar-refractivity contribution in [3.05, 3.63) is 29.3 Å². The van der Waals surface area contributed by atoms with Gasteiger partial charge in [0.2, 0.25) is 0 Å². The number of nitrogens with one attached hydrogen (secondary N) is 1. The summed E-state index contributed by atoms with van der Waals surface area (Å²) in [6, 6.07) is 5.93. The maximum absolute atomic E-state index is 12.0. The molecule has 1 amide bonds. The van der Waals surface area contributed by atoms with E-state index in [1.807, 2.05) is 39.8 Å². The molecule has 22 heavy (non-hydrogen) atoms. The number of amides is 1. The summed E-state index contributed by atoms with van der Waals surface area (Å²) < 4.78 is 12.2. The summed E-state index contributed by atoms with van der Waals surface area (Å²) in [7, 11) is -0.377. The van der Waals surface area contributed by atoms with Gasteiger partial charge in [-0.25, -0.2) is 0 Å². The van der Waals surface area contributed by atoms with Crippen molar-refractivity contribution in [3.8, 4) is 0 Å². The van der Waals surface area contributed by atoms with Gasteiger partial charge >= 0.3 is 7.12 Å². The molecule has 3 rings (SSSR count). The lowest BCUT2D eigenvalue weighted by molar-refractivity contribution is 0.00578. The third-order valence-electron chi connectivity index (χ3n) is 5.29. The van der Waals surface area contributed by atoms with E-state index < -0.39 is 0 Å². The third kappa shape index (κ3) is 2.36. The zero-order valence-corrected chi connectivity index (χ0v) is 14.0. The van der Waals surface area contributed by atoms with E-state index >= 15 is 0 Å². The van der Waals surface area contributed by atoms with Crippen LogP contribution >= 0.6 is 0 Å². The first-order valence-electron chi connectivity index (χ1n) is 8.03. The highest BCUT2D eigenvalue weighted by molar-refractivity contribution is 6.62. The van der Waals surface area contributed by atoms with Gasteiger partial charge in [0.05, 0.1) is 11.2 Å². The normalized spacial score (nSPS) is 25.8. The highest BCUT2D eigenvalue weighted by Crippen LogP contribution is 2.37. The molecule has 0 spiro atoms. The molecule has 0 aliphatic carbocycles. The van der Waals surface area contributed by atoms with Crippen LogP contribution < -0.4 is 10.8 Å². The first-order valence-corrected chi connectivity index (χ1v) is 8.03. The Kier molecular flexibility index (Phi) is 3.61. The summed E-state index contributed by atoms with van der Waals surface area (Å²) in [5.41, 5.74) is 2.17. The van der Waals surface area contributed by atoms with E-state index in [1.54, 1.807) is 0 Å². The first kappa shape index (κ1) is 15.6. The predicted molar refractivity (Wildman–Crippen MR) is 87.5 cm³/mol. The summed E-state index contributed by atoms with van der Waals surface area (Å²) in [4.78, 5) is 12.0. The molecule has 0 saturated carbocycles. The topological polar surface area (TPSA) is 47.6 Å². The second-order valence-corrected chi connectivity index (χ2v) is 7.25. The van der Waals surface area contributed by atoms with Gasteiger partial charge in [0, 0.05) is 18.0 Å². The zero-order chi connectivity index (χ0) is 16.1. The maximum atomic E-state index is 12.0. The summed E-state index contributed by atoms with van der Waals surface area (Å²) in [6.07, 6.45) is 1.00. The van der Waals surface area contributed by atoms with E-state index in [4.69, 9.17) is 9.31 Å². The quantitative estimate of drug-likeness (QED) is 0.852. The molecule has 1 unspecified atom stereocenters. The van der Waals surface area contributed by atoms with Crippen molar-refractivity contribution in [2.45, 2.75) is 58.2 Å². The third-order valence-corrected chi connectivity index (χ3v) is 5.29. The molecule has 1 N–H and O–H groups in total. The Hall–Kier alpha value is -1.33. The molecule has 4 nitrogen and oxygen atoms in total. The number of benzene rings is 1. The van der Waals surface area contributed by atoms with E-state index in [0.29, 0.717) is 12.5 Å². The Labute approximate surface area is 132 Å². The number of hydrogen-bond acceptors (Lipinski definition) is 3. The summed E-state index contributed by atoms with van der Waals surface area (Å²) >= 11 is 0. The van der Waals surface area contributed by atoms with Crippen LogP contribution in [-0.4, -0.2) is 30.8 Å². The van der Waals surface area contributed by atoms with Crippen molar-refractivity contribution >= 4 is 18.5 Å². The summed E-state index contributed by atoms with van der Waals surface area (Å²) in [5, 5.41) is 2.95. The van der Waals surface area contributed by atoms with Gasteiger partial charge in [0.15, 0.2) is 0 Å². The Morgan fingerprint density at radius 3 is 2.45 bits per heavy atom. The number of fused-ring (bicyclic) bond motifs is 1. The molecule has 1 atom stereocenters. The Bertz CT molecular complexity index is 596. The molecular formula is C17H24BNO3. The number of hydrogen-bond donors (Lipinski definition) is 1. The molecule has 0 bridgehead atoms. The van der Waals surface area contributed by atoms with Gasteiger partial charge in [-0.1, -0.05) is 19.1 Å². The fraction of sp³-hybridized carbons (Fsp3) is 0.588. The Balaban J connectivity index is 1.96. The first-order chi connectivity index (χ1) is 10.2. The molecular weight excluding hydrogens is 277 g/mol. The van der Waals surface area contributed by atoms with Crippen molar-refractivity contribution in [1.82, 2.24) is 5.32 Å². The molecule has 0 radical (unpaired) electrons. The molecule has 118 valence electrons. The van der Waals surface area contributed by atoms with Gasteiger partial charge in [-0.3, -0.25) is 4.79 Å². The lowest BCUT2D eigenvalue weighted by Gasteiger charge is -2.32. The van der Waals surface area contributed by atoms with Gasteiger partial charge in [0.1, 0.15) is 0 Å². The van der Waals surface area contributed by atoms with Gasteiger partial charge in [-0.2, -0.15) is 0 Å². The maximum Gasteiger partial charge on any atom is 0.494 e. The highest BCUT2D eigenvalue weighted by Gasteiger charge is 2.51. The van der Waals surface area contributed by atoms with Crippen molar-refractivity contribution in [3.63, 3.8) is 0 Å². The number of rotatable bonds is 2. The fourth-order valence-electron chi connectivity index (χ4n) is 3.04. The zero-order valence-electron chi connectivity index (χ0n) is 14.0. The molecule has 2 aliphatic heterocycles. The standard InChI is InChI=1S/C17H24BNO3/c1-6-11-10-19-15(20)13-8-7-12(9-14(11)13)18-21-16(2,3)17(4,5)22-18/h7-9,11H,6,10H2,1-5H3,(H,19,20). The van der Waals surface area contributed by atoms with Crippen LogP contribution in [-0.2, 0) is 9.31 Å². The Morgan fingerprint density at radius 2 is 1.86 bits per heavy atom. The van der Waals surface area contributed by atoms with Crippen LogP contribution in [0, 0.1) is 0 Å². The van der Waals surface area contributed by atoms with Crippen LogP contribution in [0.1, 0.15) is 62.9 Å². The number of carbonyl (C=O) groups excluding carboxylic acids is 1. The van der Waals surface area contributed by atoms with Crippen molar-refractivity contribution in [2.75, 3.05) is 6.54 Å². The second kappa shape index (κ2) is 5.10. The van der Waals surface area contributed by atoms with Crippen molar-refractivity contribution < 1.29 is 14.1 Å². The minimum Gasteiger partial charge on any atom is -0.399 e. The lowest BCUT2D eigenvalue weighted by Crippen LogP contribution is -2.41. The van der Waals surface area contributed by atoms with E-state index in [9.17, 15) is 4.79 Å². The largest absolute Gasteiger partial charge is 0.494 e. The van der Waals surface area contributed by atoms with Crippen LogP contribution in [0.15, 0.2) is 18.2 Å². The molecule has 1 aromatic rings. The molecule has 0 aromatic heterocycles. The number of carbonyl (C=O) groups is 1. The molecule has 2 heterocycles. The fourth-order valence-corrected chi connectivity index (χ4v) is 3.04. The van der Waals surface area contributed by atoms with Crippen molar-refractivity contribution in [2.24, 2.45) is 0 Å². The smallest absolute Gasteiger partial charge is 0.399 e. The van der Waals surface area contributed by atoms with Gasteiger partial charge < -0.3 is 14.6 Å². The SMILES string of the molecule is CCC1CNC(=O)c2ccc(B3OC(C)(C)C(C)(C)O3)cc21. The van der Waals surface area contributed by atoms with Crippen LogP contribution in [0.4, 0.5) is 0 Å². The minimum absolute atomic E-state index is 0.0140. The van der Waals surface area contributed by atoms with Gasteiger partial charge in [-0.05, 0) is 51.2 Å². The van der Waals surface area contributed by atoms with E-state index in [1.165, 1.54) is 0 Å². The second-order valence-electron chi connectivity index (χ2n) is 7.25. The molecule has 1 aromatic carbocycles. The Morgan fingerprint density at radius 1 is 1.23 bits per heavy atom. The average molecular weight is 301 g/mol. The molecule has 1 fully saturated rings. The van der Waals surface area contributed by atoms with Gasteiger partial charge in [0.25, 0.3) is 5.91 Å². The lowest BCUT2D eigenvalue weighted by atomic mass is 9.75. The minimum atomic E-state index is -0.377. The van der Waals surface area contributed by atoms with Crippen LogP contribution in [0.3, 0.4) is 0 Å². The van der Waals surface area contributed by atoms with E-state index in [2.05, 4.69) is 18.3 Å². The van der Waals surface area contributed by atoms with Crippen LogP contribution in [0.5, 0.6) is 0 Å². The highest BCUT2D eigenvalue weighted by atomic mass is 16.7. The van der Waals surface area contributed by atoms with E-state index in [-0.39, 0.29) is 24.2 Å². The van der Waals surface area contributed by atoms with Crippen LogP contribution in [0.25, 0.3) is 0 Å². The molecule has 2 aliphatic rings.